The molecule has 3 aromatic rings. The molecule has 0 fully saturated rings. The molecule has 0 saturated heterocycles. The van der Waals surface area contributed by atoms with E-state index in [0.717, 1.165) is 17.6 Å². The first kappa shape index (κ1) is 15.7. The van der Waals surface area contributed by atoms with Crippen molar-refractivity contribution in [1.82, 2.24) is 4.98 Å². The van der Waals surface area contributed by atoms with Crippen LogP contribution in [0.15, 0.2) is 48.5 Å². The summed E-state index contributed by atoms with van der Waals surface area (Å²) in [6.07, 6.45) is 1.05. The van der Waals surface area contributed by atoms with Gasteiger partial charge < -0.3 is 0 Å². The molecule has 0 saturated carbocycles. The van der Waals surface area contributed by atoms with Gasteiger partial charge in [-0.15, -0.1) is 0 Å². The van der Waals surface area contributed by atoms with Gasteiger partial charge in [0.25, 0.3) is 0 Å². The van der Waals surface area contributed by atoms with E-state index < -0.39 is 0 Å². The largest absolute Gasteiger partial charge is 0.248 e. The molecule has 1 aromatic heterocycles. The van der Waals surface area contributed by atoms with Crippen LogP contribution in [0.5, 0.6) is 0 Å². The first-order chi connectivity index (χ1) is 10.8. The van der Waals surface area contributed by atoms with Crippen molar-refractivity contribution in [3.63, 3.8) is 0 Å². The number of hydrogen-bond donors (Lipinski definition) is 0. The Hall–Kier alpha value is -2.15. The monoisotopic (exact) mass is 303 g/mol. The molecule has 0 atom stereocenters. The van der Waals surface area contributed by atoms with Gasteiger partial charge in [-0.3, -0.25) is 0 Å². The van der Waals surface area contributed by atoms with E-state index in [1.807, 2.05) is 0 Å². The fraction of sp³-hybridized carbons (Fsp3) is 0.318. The minimum absolute atomic E-state index is 0.254. The predicted molar refractivity (Wildman–Crippen MR) is 99.8 cm³/mol. The second kappa shape index (κ2) is 5.81. The Balaban J connectivity index is 2.22. The molecule has 0 amide bonds. The van der Waals surface area contributed by atoms with Crippen molar-refractivity contribution < 1.29 is 0 Å². The third-order valence-corrected chi connectivity index (χ3v) is 4.04. The number of para-hydroxylation sites is 1. The Morgan fingerprint density at radius 1 is 0.870 bits per heavy atom. The summed E-state index contributed by atoms with van der Waals surface area (Å²) in [4.78, 5) is 4.92. The van der Waals surface area contributed by atoms with Gasteiger partial charge in [0.2, 0.25) is 0 Å². The number of nitrogens with zero attached hydrogens (tertiary/aromatic N) is 1. The van der Waals surface area contributed by atoms with E-state index in [2.05, 4.69) is 83.1 Å². The van der Waals surface area contributed by atoms with Crippen LogP contribution in [0, 0.1) is 19.3 Å². The van der Waals surface area contributed by atoms with Crippen molar-refractivity contribution in [3.8, 4) is 11.3 Å². The van der Waals surface area contributed by atoms with Crippen LogP contribution in [-0.4, -0.2) is 4.98 Å². The highest BCUT2D eigenvalue weighted by atomic mass is 14.7. The van der Waals surface area contributed by atoms with Gasteiger partial charge in [0.1, 0.15) is 0 Å². The smallest absolute Gasteiger partial charge is 0.0712 e. The molecule has 2 aromatic carbocycles. The molecule has 0 N–H and O–H groups in total. The number of hydrogen-bond acceptors (Lipinski definition) is 1. The Morgan fingerprint density at radius 3 is 2.17 bits per heavy atom. The summed E-state index contributed by atoms with van der Waals surface area (Å²) in [5.41, 5.74) is 7.59. The van der Waals surface area contributed by atoms with E-state index in [1.165, 1.54) is 27.6 Å². The standard InChI is InChI=1S/C22H25N/c1-15-10-16(2)12-17(11-15)21-13-18(14-22(3,4)5)19-8-6-7-9-20(19)23-21/h6-13H,14H2,1-5H3. The number of aromatic nitrogens is 1. The maximum Gasteiger partial charge on any atom is 0.0712 e. The fourth-order valence-corrected chi connectivity index (χ4v) is 3.24. The van der Waals surface area contributed by atoms with Crippen molar-refractivity contribution in [2.75, 3.05) is 0 Å². The van der Waals surface area contributed by atoms with Crippen LogP contribution >= 0.6 is 0 Å². The maximum atomic E-state index is 4.92. The molecule has 1 heteroatoms. The minimum atomic E-state index is 0.254. The highest BCUT2D eigenvalue weighted by Gasteiger charge is 2.15. The van der Waals surface area contributed by atoms with Gasteiger partial charge in [-0.05, 0) is 55.5 Å². The molecule has 1 nitrogen and oxygen atoms in total. The molecule has 0 bridgehead atoms. The van der Waals surface area contributed by atoms with E-state index in [4.69, 9.17) is 4.98 Å². The zero-order valence-corrected chi connectivity index (χ0v) is 14.8. The summed E-state index contributed by atoms with van der Waals surface area (Å²) in [6.45, 7) is 11.2. The van der Waals surface area contributed by atoms with Gasteiger partial charge in [-0.25, -0.2) is 4.98 Å². The Labute approximate surface area is 139 Å². The average Bonchev–Trinajstić information content (AvgIpc) is 2.44. The highest BCUT2D eigenvalue weighted by molar-refractivity contribution is 5.85. The average molecular weight is 303 g/mol. The van der Waals surface area contributed by atoms with Gasteiger partial charge in [-0.1, -0.05) is 56.2 Å². The molecule has 0 spiro atoms. The summed E-state index contributed by atoms with van der Waals surface area (Å²) in [5.74, 6) is 0. The number of benzene rings is 2. The zero-order chi connectivity index (χ0) is 16.6. The highest BCUT2D eigenvalue weighted by Crippen LogP contribution is 2.30. The molecule has 23 heavy (non-hydrogen) atoms. The molecule has 0 aliphatic heterocycles. The van der Waals surface area contributed by atoms with Crippen LogP contribution in [-0.2, 0) is 6.42 Å². The molecule has 0 aliphatic rings. The van der Waals surface area contributed by atoms with Crippen LogP contribution < -0.4 is 0 Å². The number of pyridine rings is 1. The van der Waals surface area contributed by atoms with Gasteiger partial charge in [0.15, 0.2) is 0 Å². The van der Waals surface area contributed by atoms with Crippen molar-refractivity contribution in [1.29, 1.82) is 0 Å². The third kappa shape index (κ3) is 3.61. The molecule has 3 rings (SSSR count). The zero-order valence-electron chi connectivity index (χ0n) is 14.8. The first-order valence-electron chi connectivity index (χ1n) is 8.29. The SMILES string of the molecule is Cc1cc(C)cc(-c2cc(CC(C)(C)C)c3ccccc3n2)c1. The van der Waals surface area contributed by atoms with E-state index in [9.17, 15) is 0 Å². The Morgan fingerprint density at radius 2 is 1.52 bits per heavy atom. The second-order valence-corrected chi connectivity index (χ2v) is 7.80. The normalized spacial score (nSPS) is 11.9. The number of rotatable bonds is 2. The maximum absolute atomic E-state index is 4.92. The van der Waals surface area contributed by atoms with Crippen LogP contribution in [0.3, 0.4) is 0 Å². The van der Waals surface area contributed by atoms with E-state index >= 15 is 0 Å². The van der Waals surface area contributed by atoms with Gasteiger partial charge in [-0.2, -0.15) is 0 Å². The van der Waals surface area contributed by atoms with Crippen molar-refractivity contribution in [3.05, 3.63) is 65.2 Å². The quantitative estimate of drug-likeness (QED) is 0.557. The lowest BCUT2D eigenvalue weighted by Gasteiger charge is -2.20. The number of fused-ring (bicyclic) bond motifs is 1. The van der Waals surface area contributed by atoms with Crippen LogP contribution in [0.2, 0.25) is 0 Å². The lowest BCUT2D eigenvalue weighted by molar-refractivity contribution is 0.412. The lowest BCUT2D eigenvalue weighted by atomic mass is 9.86. The summed E-state index contributed by atoms with van der Waals surface area (Å²) < 4.78 is 0. The van der Waals surface area contributed by atoms with Gasteiger partial charge >= 0.3 is 0 Å². The van der Waals surface area contributed by atoms with E-state index in [1.54, 1.807) is 0 Å². The molecular formula is C22H25N. The second-order valence-electron chi connectivity index (χ2n) is 7.80. The van der Waals surface area contributed by atoms with Gasteiger partial charge in [0, 0.05) is 10.9 Å². The molecule has 0 radical (unpaired) electrons. The Bertz CT molecular complexity index is 833. The molecule has 1 heterocycles. The minimum Gasteiger partial charge on any atom is -0.248 e. The van der Waals surface area contributed by atoms with Crippen LogP contribution in [0.4, 0.5) is 0 Å². The van der Waals surface area contributed by atoms with Gasteiger partial charge in [0.05, 0.1) is 11.2 Å². The summed E-state index contributed by atoms with van der Waals surface area (Å²) in [7, 11) is 0. The van der Waals surface area contributed by atoms with Crippen molar-refractivity contribution in [2.45, 2.75) is 41.0 Å². The summed E-state index contributed by atoms with van der Waals surface area (Å²) in [5, 5.41) is 1.27. The first-order valence-corrected chi connectivity index (χ1v) is 8.29. The summed E-state index contributed by atoms with van der Waals surface area (Å²) >= 11 is 0. The summed E-state index contributed by atoms with van der Waals surface area (Å²) in [6, 6.07) is 17.4. The Kier molecular flexibility index (Phi) is 3.97. The van der Waals surface area contributed by atoms with Crippen LogP contribution in [0.25, 0.3) is 22.2 Å². The lowest BCUT2D eigenvalue weighted by Crippen LogP contribution is -2.10. The molecule has 0 aliphatic carbocycles. The fourth-order valence-electron chi connectivity index (χ4n) is 3.24. The third-order valence-electron chi connectivity index (χ3n) is 4.04. The van der Waals surface area contributed by atoms with E-state index in [0.29, 0.717) is 0 Å². The molecular weight excluding hydrogens is 278 g/mol. The van der Waals surface area contributed by atoms with Crippen molar-refractivity contribution >= 4 is 10.9 Å². The number of aryl methyl sites for hydroxylation is 2. The molecule has 118 valence electrons. The predicted octanol–water partition coefficient (Wildman–Crippen LogP) is 6.11. The molecule has 0 unspecified atom stereocenters. The van der Waals surface area contributed by atoms with Crippen molar-refractivity contribution in [2.24, 2.45) is 5.41 Å². The van der Waals surface area contributed by atoms with Crippen LogP contribution in [0.1, 0.15) is 37.5 Å². The topological polar surface area (TPSA) is 12.9 Å². The van der Waals surface area contributed by atoms with E-state index in [-0.39, 0.29) is 5.41 Å².